The highest BCUT2D eigenvalue weighted by Crippen LogP contribution is 2.16. The smallest absolute Gasteiger partial charge is 0.119 e. The Morgan fingerprint density at radius 3 is 2.53 bits per heavy atom. The lowest BCUT2D eigenvalue weighted by atomic mass is 9.99. The lowest BCUT2D eigenvalue weighted by Gasteiger charge is -2.18. The summed E-state index contributed by atoms with van der Waals surface area (Å²) in [5.74, 6) is 0.881. The van der Waals surface area contributed by atoms with Crippen molar-refractivity contribution in [1.29, 1.82) is 0 Å². The molecule has 0 spiro atoms. The van der Waals surface area contributed by atoms with Gasteiger partial charge in [0.1, 0.15) is 5.75 Å². The van der Waals surface area contributed by atoms with E-state index in [9.17, 15) is 0 Å². The molecule has 0 amide bonds. The molecule has 0 aliphatic heterocycles. The molecule has 0 saturated heterocycles. The minimum absolute atomic E-state index is 0.221. The predicted octanol–water partition coefficient (Wildman–Crippen LogP) is 3.26. The summed E-state index contributed by atoms with van der Waals surface area (Å²) in [5, 5.41) is 0. The summed E-state index contributed by atoms with van der Waals surface area (Å²) in [6.07, 6.45) is 0. The average molecular weight is 208 g/mol. The van der Waals surface area contributed by atoms with Crippen molar-refractivity contribution in [2.75, 3.05) is 13.7 Å². The normalized spacial score (nSPS) is 11.5. The van der Waals surface area contributed by atoms with E-state index in [2.05, 4.69) is 20.8 Å². The van der Waals surface area contributed by atoms with Crippen LogP contribution in [-0.2, 0) is 11.3 Å². The summed E-state index contributed by atoms with van der Waals surface area (Å²) >= 11 is 0. The minimum Gasteiger partial charge on any atom is -0.497 e. The molecular formula is C13H20O2. The van der Waals surface area contributed by atoms with Crippen molar-refractivity contribution in [3.63, 3.8) is 0 Å². The fourth-order valence-electron chi connectivity index (χ4n) is 1.24. The molecule has 15 heavy (non-hydrogen) atoms. The van der Waals surface area contributed by atoms with Gasteiger partial charge in [-0.15, -0.1) is 0 Å². The van der Waals surface area contributed by atoms with Crippen LogP contribution in [0.15, 0.2) is 24.3 Å². The topological polar surface area (TPSA) is 18.5 Å². The van der Waals surface area contributed by atoms with Crippen molar-refractivity contribution in [2.24, 2.45) is 5.41 Å². The molecule has 0 heterocycles. The maximum atomic E-state index is 5.63. The minimum atomic E-state index is 0.221. The molecule has 2 heteroatoms. The Labute approximate surface area is 92.2 Å². The van der Waals surface area contributed by atoms with Gasteiger partial charge in [-0.3, -0.25) is 0 Å². The van der Waals surface area contributed by atoms with Gasteiger partial charge in [-0.1, -0.05) is 32.9 Å². The number of ether oxygens (including phenoxy) is 2. The second-order valence-electron chi connectivity index (χ2n) is 4.90. The van der Waals surface area contributed by atoms with Crippen LogP contribution in [-0.4, -0.2) is 13.7 Å². The third kappa shape index (κ3) is 4.84. The molecular weight excluding hydrogens is 188 g/mol. The van der Waals surface area contributed by atoms with Gasteiger partial charge in [0.05, 0.1) is 20.3 Å². The highest BCUT2D eigenvalue weighted by Gasteiger charge is 2.09. The van der Waals surface area contributed by atoms with Crippen molar-refractivity contribution in [1.82, 2.24) is 0 Å². The third-order valence-electron chi connectivity index (χ3n) is 1.94. The van der Waals surface area contributed by atoms with E-state index in [0.29, 0.717) is 6.61 Å². The van der Waals surface area contributed by atoms with E-state index < -0.39 is 0 Å². The monoisotopic (exact) mass is 208 g/mol. The Kier molecular flexibility index (Phi) is 4.15. The van der Waals surface area contributed by atoms with Crippen molar-refractivity contribution >= 4 is 0 Å². The van der Waals surface area contributed by atoms with Gasteiger partial charge in [-0.05, 0) is 23.1 Å². The van der Waals surface area contributed by atoms with Gasteiger partial charge >= 0.3 is 0 Å². The van der Waals surface area contributed by atoms with E-state index in [0.717, 1.165) is 17.9 Å². The largest absolute Gasteiger partial charge is 0.497 e. The summed E-state index contributed by atoms with van der Waals surface area (Å²) in [7, 11) is 1.68. The molecule has 1 aromatic rings. The molecule has 1 aromatic carbocycles. The van der Waals surface area contributed by atoms with Gasteiger partial charge in [0.15, 0.2) is 0 Å². The Balaban J connectivity index is 2.44. The van der Waals surface area contributed by atoms with Gasteiger partial charge in [0.25, 0.3) is 0 Å². The lowest BCUT2D eigenvalue weighted by Crippen LogP contribution is -2.14. The zero-order valence-corrected chi connectivity index (χ0v) is 10.0. The van der Waals surface area contributed by atoms with Gasteiger partial charge < -0.3 is 9.47 Å². The number of benzene rings is 1. The maximum Gasteiger partial charge on any atom is 0.119 e. The molecule has 0 aliphatic rings. The maximum absolute atomic E-state index is 5.63. The first-order chi connectivity index (χ1) is 7.01. The van der Waals surface area contributed by atoms with Gasteiger partial charge in [0, 0.05) is 0 Å². The van der Waals surface area contributed by atoms with Crippen LogP contribution in [0.25, 0.3) is 0 Å². The molecule has 0 fully saturated rings. The first-order valence-electron chi connectivity index (χ1n) is 5.22. The first-order valence-corrected chi connectivity index (χ1v) is 5.22. The summed E-state index contributed by atoms with van der Waals surface area (Å²) in [6.45, 7) is 7.91. The number of methoxy groups -OCH3 is 1. The Morgan fingerprint density at radius 1 is 1.20 bits per heavy atom. The molecule has 0 saturated carbocycles. The molecule has 0 N–H and O–H groups in total. The number of hydrogen-bond acceptors (Lipinski definition) is 2. The van der Waals surface area contributed by atoms with Crippen LogP contribution in [0.4, 0.5) is 0 Å². The zero-order chi connectivity index (χ0) is 11.3. The number of rotatable bonds is 4. The fourth-order valence-corrected chi connectivity index (χ4v) is 1.24. The van der Waals surface area contributed by atoms with Crippen LogP contribution >= 0.6 is 0 Å². The summed E-state index contributed by atoms with van der Waals surface area (Å²) in [5.41, 5.74) is 1.37. The lowest BCUT2D eigenvalue weighted by molar-refractivity contribution is 0.0598. The van der Waals surface area contributed by atoms with Crippen molar-refractivity contribution in [3.05, 3.63) is 29.8 Å². The molecule has 0 bridgehead atoms. The standard InChI is InChI=1S/C13H20O2/c1-13(2,3)10-15-9-11-6-5-7-12(8-11)14-4/h5-8H,9-10H2,1-4H3. The summed E-state index contributed by atoms with van der Waals surface area (Å²) < 4.78 is 10.8. The van der Waals surface area contributed by atoms with Crippen molar-refractivity contribution in [3.8, 4) is 5.75 Å². The predicted molar refractivity (Wildman–Crippen MR) is 62.1 cm³/mol. The van der Waals surface area contributed by atoms with Gasteiger partial charge in [-0.2, -0.15) is 0 Å². The molecule has 1 rings (SSSR count). The van der Waals surface area contributed by atoms with E-state index in [1.807, 2.05) is 24.3 Å². The SMILES string of the molecule is COc1cccc(COCC(C)(C)C)c1. The molecule has 0 atom stereocenters. The van der Waals surface area contributed by atoms with Crippen LogP contribution in [0.3, 0.4) is 0 Å². The quantitative estimate of drug-likeness (QED) is 0.756. The highest BCUT2D eigenvalue weighted by atomic mass is 16.5. The zero-order valence-electron chi connectivity index (χ0n) is 10.0. The first kappa shape index (κ1) is 12.1. The van der Waals surface area contributed by atoms with Crippen molar-refractivity contribution in [2.45, 2.75) is 27.4 Å². The van der Waals surface area contributed by atoms with E-state index >= 15 is 0 Å². The van der Waals surface area contributed by atoms with Crippen LogP contribution < -0.4 is 4.74 Å². The molecule has 2 nitrogen and oxygen atoms in total. The molecule has 0 unspecified atom stereocenters. The molecule has 0 radical (unpaired) electrons. The Morgan fingerprint density at radius 2 is 1.93 bits per heavy atom. The van der Waals surface area contributed by atoms with Crippen LogP contribution in [0.1, 0.15) is 26.3 Å². The van der Waals surface area contributed by atoms with Gasteiger partial charge in [0.2, 0.25) is 0 Å². The van der Waals surface area contributed by atoms with Crippen molar-refractivity contribution < 1.29 is 9.47 Å². The fraction of sp³-hybridized carbons (Fsp3) is 0.538. The molecule has 84 valence electrons. The van der Waals surface area contributed by atoms with Crippen LogP contribution in [0.2, 0.25) is 0 Å². The second-order valence-corrected chi connectivity index (χ2v) is 4.90. The summed E-state index contributed by atoms with van der Waals surface area (Å²) in [4.78, 5) is 0. The highest BCUT2D eigenvalue weighted by molar-refractivity contribution is 5.27. The average Bonchev–Trinajstić information content (AvgIpc) is 2.16. The molecule has 0 aromatic heterocycles. The third-order valence-corrected chi connectivity index (χ3v) is 1.94. The van der Waals surface area contributed by atoms with E-state index in [1.165, 1.54) is 0 Å². The number of hydrogen-bond donors (Lipinski definition) is 0. The van der Waals surface area contributed by atoms with Gasteiger partial charge in [-0.25, -0.2) is 0 Å². The van der Waals surface area contributed by atoms with E-state index in [-0.39, 0.29) is 5.41 Å². The Hall–Kier alpha value is -1.02. The van der Waals surface area contributed by atoms with Crippen LogP contribution in [0.5, 0.6) is 5.75 Å². The molecule has 0 aliphatic carbocycles. The van der Waals surface area contributed by atoms with E-state index in [1.54, 1.807) is 7.11 Å². The summed E-state index contributed by atoms with van der Waals surface area (Å²) in [6, 6.07) is 7.97. The second kappa shape index (κ2) is 5.17. The van der Waals surface area contributed by atoms with E-state index in [4.69, 9.17) is 9.47 Å². The van der Waals surface area contributed by atoms with Crippen LogP contribution in [0, 0.1) is 5.41 Å². The Bertz CT molecular complexity index is 300.